The second-order valence-corrected chi connectivity index (χ2v) is 7.26. The third kappa shape index (κ3) is 3.75. The largest absolute Gasteiger partial charge is 0.329 e. The molecule has 1 atom stereocenters. The number of benzene rings is 1. The van der Waals surface area contributed by atoms with Crippen molar-refractivity contribution in [2.24, 2.45) is 5.73 Å². The minimum atomic E-state index is -0.00271. The van der Waals surface area contributed by atoms with Crippen LogP contribution >= 0.6 is 50.5 Å². The average molecular weight is 394 g/mol. The van der Waals surface area contributed by atoms with Crippen molar-refractivity contribution in [2.45, 2.75) is 12.6 Å². The van der Waals surface area contributed by atoms with E-state index in [9.17, 15) is 0 Å². The zero-order valence-electron chi connectivity index (χ0n) is 10.9. The summed E-state index contributed by atoms with van der Waals surface area (Å²) in [6, 6.07) is 7.65. The van der Waals surface area contributed by atoms with Gasteiger partial charge in [-0.3, -0.25) is 4.90 Å². The zero-order chi connectivity index (χ0) is 14.7. The fourth-order valence-electron chi connectivity index (χ4n) is 2.14. The second kappa shape index (κ2) is 7.25. The first-order valence-corrected chi connectivity index (χ1v) is 8.53. The monoisotopic (exact) mass is 392 g/mol. The van der Waals surface area contributed by atoms with Gasteiger partial charge in [0, 0.05) is 43.4 Å². The van der Waals surface area contributed by atoms with E-state index >= 15 is 0 Å². The SMILES string of the molecule is CN(Cc1cc(Br)cs1)C(CN)c1c(Cl)cccc1Cl. The molecule has 0 aliphatic heterocycles. The van der Waals surface area contributed by atoms with Crippen molar-refractivity contribution < 1.29 is 0 Å². The standard InChI is InChI=1S/C14H15BrCl2N2S/c1-19(7-10-5-9(15)8-20-10)13(6-18)14-11(16)3-2-4-12(14)17/h2-5,8,13H,6-7,18H2,1H3. The van der Waals surface area contributed by atoms with Crippen molar-refractivity contribution in [1.29, 1.82) is 0 Å². The highest BCUT2D eigenvalue weighted by Gasteiger charge is 2.21. The fourth-order valence-corrected chi connectivity index (χ4v) is 4.30. The maximum atomic E-state index is 6.28. The molecule has 2 nitrogen and oxygen atoms in total. The van der Waals surface area contributed by atoms with Crippen LogP contribution in [0.15, 0.2) is 34.1 Å². The van der Waals surface area contributed by atoms with Crippen LogP contribution in [-0.4, -0.2) is 18.5 Å². The number of halogens is 3. The van der Waals surface area contributed by atoms with Crippen LogP contribution in [0.2, 0.25) is 10.0 Å². The Labute approximate surface area is 141 Å². The number of nitrogens with two attached hydrogens (primary N) is 1. The Morgan fingerprint density at radius 3 is 2.50 bits per heavy atom. The zero-order valence-corrected chi connectivity index (χ0v) is 14.9. The molecular formula is C14H15BrCl2N2S. The molecule has 2 aromatic rings. The molecular weight excluding hydrogens is 379 g/mol. The summed E-state index contributed by atoms with van der Waals surface area (Å²) in [6.07, 6.45) is 0. The summed E-state index contributed by atoms with van der Waals surface area (Å²) in [5.74, 6) is 0. The number of rotatable bonds is 5. The second-order valence-electron chi connectivity index (χ2n) is 4.53. The molecule has 0 amide bonds. The third-order valence-electron chi connectivity index (χ3n) is 3.12. The number of nitrogens with zero attached hydrogens (tertiary/aromatic N) is 1. The van der Waals surface area contributed by atoms with Crippen molar-refractivity contribution in [3.8, 4) is 0 Å². The van der Waals surface area contributed by atoms with Gasteiger partial charge in [-0.2, -0.15) is 0 Å². The summed E-state index contributed by atoms with van der Waals surface area (Å²) < 4.78 is 1.10. The lowest BCUT2D eigenvalue weighted by Crippen LogP contribution is -2.30. The Balaban J connectivity index is 2.23. The van der Waals surface area contributed by atoms with Gasteiger partial charge in [0.05, 0.1) is 6.04 Å². The van der Waals surface area contributed by atoms with E-state index in [4.69, 9.17) is 28.9 Å². The van der Waals surface area contributed by atoms with Gasteiger partial charge in [-0.25, -0.2) is 0 Å². The van der Waals surface area contributed by atoms with E-state index in [-0.39, 0.29) is 6.04 Å². The highest BCUT2D eigenvalue weighted by atomic mass is 79.9. The lowest BCUT2D eigenvalue weighted by Gasteiger charge is -2.28. The lowest BCUT2D eigenvalue weighted by atomic mass is 10.1. The highest BCUT2D eigenvalue weighted by Crippen LogP contribution is 2.33. The van der Waals surface area contributed by atoms with E-state index in [1.807, 2.05) is 25.2 Å². The summed E-state index contributed by atoms with van der Waals surface area (Å²) in [5, 5.41) is 3.39. The van der Waals surface area contributed by atoms with Crippen LogP contribution in [0.5, 0.6) is 0 Å². The van der Waals surface area contributed by atoms with Crippen LogP contribution in [0.3, 0.4) is 0 Å². The molecule has 0 aliphatic carbocycles. The van der Waals surface area contributed by atoms with Gasteiger partial charge in [-0.05, 0) is 41.2 Å². The number of hydrogen-bond donors (Lipinski definition) is 1. The Hall–Kier alpha value is -0.100. The van der Waals surface area contributed by atoms with Crippen molar-refractivity contribution in [3.05, 3.63) is 54.6 Å². The molecule has 2 rings (SSSR count). The molecule has 20 heavy (non-hydrogen) atoms. The van der Waals surface area contributed by atoms with Gasteiger partial charge in [-0.15, -0.1) is 11.3 Å². The number of thiophene rings is 1. The topological polar surface area (TPSA) is 29.3 Å². The van der Waals surface area contributed by atoms with E-state index in [2.05, 4.69) is 32.3 Å². The molecule has 1 aromatic heterocycles. The van der Waals surface area contributed by atoms with Crippen LogP contribution < -0.4 is 5.73 Å². The molecule has 0 radical (unpaired) electrons. The fraction of sp³-hybridized carbons (Fsp3) is 0.286. The predicted octanol–water partition coefficient (Wildman–Crippen LogP) is 4.95. The maximum absolute atomic E-state index is 6.28. The Morgan fingerprint density at radius 1 is 1.35 bits per heavy atom. The molecule has 108 valence electrons. The first kappa shape index (κ1) is 16.3. The van der Waals surface area contributed by atoms with Crippen molar-refractivity contribution in [1.82, 2.24) is 4.90 Å². The molecule has 0 saturated heterocycles. The van der Waals surface area contributed by atoms with Gasteiger partial charge in [0.25, 0.3) is 0 Å². The molecule has 2 N–H and O–H groups in total. The average Bonchev–Trinajstić information content (AvgIpc) is 2.79. The first-order valence-electron chi connectivity index (χ1n) is 6.10. The Kier molecular flexibility index (Phi) is 5.90. The molecule has 0 saturated carbocycles. The van der Waals surface area contributed by atoms with Crippen molar-refractivity contribution >= 4 is 50.5 Å². The van der Waals surface area contributed by atoms with E-state index in [0.29, 0.717) is 16.6 Å². The predicted molar refractivity (Wildman–Crippen MR) is 91.7 cm³/mol. The maximum Gasteiger partial charge on any atom is 0.0500 e. The molecule has 6 heteroatoms. The first-order chi connectivity index (χ1) is 9.52. The minimum Gasteiger partial charge on any atom is -0.329 e. The summed E-state index contributed by atoms with van der Waals surface area (Å²) >= 11 is 17.7. The molecule has 1 aromatic carbocycles. The van der Waals surface area contributed by atoms with E-state index < -0.39 is 0 Å². The van der Waals surface area contributed by atoms with Gasteiger partial charge >= 0.3 is 0 Å². The number of hydrogen-bond acceptors (Lipinski definition) is 3. The van der Waals surface area contributed by atoms with Crippen molar-refractivity contribution in [3.63, 3.8) is 0 Å². The quantitative estimate of drug-likeness (QED) is 0.778. The van der Waals surface area contributed by atoms with Crippen LogP contribution in [0.1, 0.15) is 16.5 Å². The molecule has 0 spiro atoms. The summed E-state index contributed by atoms with van der Waals surface area (Å²) in [7, 11) is 2.03. The van der Waals surface area contributed by atoms with Crippen LogP contribution in [-0.2, 0) is 6.54 Å². The highest BCUT2D eigenvalue weighted by molar-refractivity contribution is 9.10. The van der Waals surface area contributed by atoms with Crippen molar-refractivity contribution in [2.75, 3.05) is 13.6 Å². The summed E-state index contributed by atoms with van der Waals surface area (Å²) in [5.41, 5.74) is 6.84. The smallest absolute Gasteiger partial charge is 0.0500 e. The Bertz CT molecular complexity index is 568. The van der Waals surface area contributed by atoms with Gasteiger partial charge in [0.15, 0.2) is 0 Å². The molecule has 1 heterocycles. The number of likely N-dealkylation sites (N-methyl/N-ethyl adjacent to an activating group) is 1. The normalized spacial score (nSPS) is 12.9. The summed E-state index contributed by atoms with van der Waals surface area (Å²) in [6.45, 7) is 1.27. The van der Waals surface area contributed by atoms with Crippen LogP contribution in [0.4, 0.5) is 0 Å². The minimum absolute atomic E-state index is 0.00271. The molecule has 0 fully saturated rings. The van der Waals surface area contributed by atoms with Gasteiger partial charge in [0.1, 0.15) is 0 Å². The van der Waals surface area contributed by atoms with Gasteiger partial charge < -0.3 is 5.73 Å². The third-order valence-corrected chi connectivity index (χ3v) is 5.46. The molecule has 0 bridgehead atoms. The molecule has 1 unspecified atom stereocenters. The van der Waals surface area contributed by atoms with Crippen LogP contribution in [0.25, 0.3) is 0 Å². The molecule has 0 aliphatic rings. The van der Waals surface area contributed by atoms with Crippen LogP contribution in [0, 0.1) is 0 Å². The van der Waals surface area contributed by atoms with E-state index in [1.165, 1.54) is 4.88 Å². The van der Waals surface area contributed by atoms with E-state index in [1.54, 1.807) is 11.3 Å². The Morgan fingerprint density at radius 2 is 2.00 bits per heavy atom. The summed E-state index contributed by atoms with van der Waals surface area (Å²) in [4.78, 5) is 3.44. The van der Waals surface area contributed by atoms with Gasteiger partial charge in [-0.1, -0.05) is 29.3 Å². The van der Waals surface area contributed by atoms with Gasteiger partial charge in [0.2, 0.25) is 0 Å². The van der Waals surface area contributed by atoms with E-state index in [0.717, 1.165) is 16.6 Å². The lowest BCUT2D eigenvalue weighted by molar-refractivity contribution is 0.244.